The number of pyridine rings is 1. The van der Waals surface area contributed by atoms with Gasteiger partial charge in [0.25, 0.3) is 0 Å². The summed E-state index contributed by atoms with van der Waals surface area (Å²) in [5, 5.41) is 0. The van der Waals surface area contributed by atoms with Crippen molar-refractivity contribution >= 4 is 11.8 Å². The largest absolute Gasteiger partial charge is 0.472 e. The Labute approximate surface area is 202 Å². The van der Waals surface area contributed by atoms with E-state index in [2.05, 4.69) is 40.2 Å². The Morgan fingerprint density at radius 2 is 1.68 bits per heavy atom. The Hall–Kier alpha value is -3.54. The Kier molecular flexibility index (Phi) is 7.06. The van der Waals surface area contributed by atoms with Crippen molar-refractivity contribution < 1.29 is 14.3 Å². The predicted molar refractivity (Wildman–Crippen MR) is 135 cm³/mol. The average molecular weight is 460 g/mol. The second-order valence-electron chi connectivity index (χ2n) is 9.58. The molecule has 0 spiro atoms. The van der Waals surface area contributed by atoms with Gasteiger partial charge in [-0.1, -0.05) is 42.5 Å². The lowest BCUT2D eigenvalue weighted by Gasteiger charge is -2.36. The highest BCUT2D eigenvalue weighted by Gasteiger charge is 2.26. The summed E-state index contributed by atoms with van der Waals surface area (Å²) in [6, 6.07) is 22.6. The number of aryl methyl sites for hydroxylation is 1. The molecular formula is C28H33N3O3. The third-order valence-electron chi connectivity index (χ3n) is 5.67. The minimum atomic E-state index is -0.481. The van der Waals surface area contributed by atoms with E-state index in [0.717, 1.165) is 41.2 Å². The Balaban J connectivity index is 1.47. The van der Waals surface area contributed by atoms with E-state index in [1.165, 1.54) is 0 Å². The molecule has 6 heteroatoms. The molecule has 3 aromatic rings. The van der Waals surface area contributed by atoms with Crippen LogP contribution in [-0.4, -0.2) is 47.8 Å². The molecule has 34 heavy (non-hydrogen) atoms. The van der Waals surface area contributed by atoms with Crippen LogP contribution in [-0.2, 0) is 11.3 Å². The molecule has 0 saturated carbocycles. The van der Waals surface area contributed by atoms with Crippen molar-refractivity contribution in [1.82, 2.24) is 9.88 Å². The maximum Gasteiger partial charge on any atom is 0.410 e. The van der Waals surface area contributed by atoms with Gasteiger partial charge >= 0.3 is 6.09 Å². The van der Waals surface area contributed by atoms with Gasteiger partial charge in [-0.15, -0.1) is 0 Å². The zero-order valence-electron chi connectivity index (χ0n) is 20.5. The van der Waals surface area contributed by atoms with E-state index >= 15 is 0 Å². The second-order valence-corrected chi connectivity index (χ2v) is 9.58. The third-order valence-corrected chi connectivity index (χ3v) is 5.67. The van der Waals surface area contributed by atoms with Crippen molar-refractivity contribution in [3.63, 3.8) is 0 Å². The minimum Gasteiger partial charge on any atom is -0.472 e. The number of nitrogens with zero attached hydrogens (tertiary/aromatic N) is 3. The van der Waals surface area contributed by atoms with Crippen LogP contribution in [0.5, 0.6) is 5.88 Å². The molecule has 4 rings (SSSR count). The van der Waals surface area contributed by atoms with Crippen LogP contribution in [0.2, 0.25) is 0 Å². The van der Waals surface area contributed by atoms with E-state index in [0.29, 0.717) is 25.6 Å². The number of ether oxygens (including phenoxy) is 2. The molecule has 0 atom stereocenters. The number of hydrogen-bond acceptors (Lipinski definition) is 5. The van der Waals surface area contributed by atoms with E-state index in [9.17, 15) is 4.79 Å². The van der Waals surface area contributed by atoms with Crippen molar-refractivity contribution in [3.05, 3.63) is 78.0 Å². The van der Waals surface area contributed by atoms with Crippen molar-refractivity contribution in [2.45, 2.75) is 39.9 Å². The molecule has 0 aliphatic carbocycles. The molecular weight excluding hydrogens is 426 g/mol. The topological polar surface area (TPSA) is 54.9 Å². The van der Waals surface area contributed by atoms with Crippen LogP contribution in [0, 0.1) is 6.92 Å². The van der Waals surface area contributed by atoms with Crippen molar-refractivity contribution in [3.8, 4) is 17.0 Å². The molecule has 0 radical (unpaired) electrons. The van der Waals surface area contributed by atoms with Gasteiger partial charge in [-0.05, 0) is 63.1 Å². The highest BCUT2D eigenvalue weighted by molar-refractivity contribution is 5.73. The molecule has 178 valence electrons. The molecule has 1 aliphatic rings. The monoisotopic (exact) mass is 459 g/mol. The number of carbonyl (C=O) groups is 1. The summed E-state index contributed by atoms with van der Waals surface area (Å²) >= 11 is 0. The highest BCUT2D eigenvalue weighted by Crippen LogP contribution is 2.32. The number of carbonyl (C=O) groups excluding carboxylic acids is 1. The van der Waals surface area contributed by atoms with E-state index < -0.39 is 5.60 Å². The van der Waals surface area contributed by atoms with Gasteiger partial charge < -0.3 is 19.3 Å². The average Bonchev–Trinajstić information content (AvgIpc) is 2.82. The number of piperazine rings is 1. The predicted octanol–water partition coefficient (Wildman–Crippen LogP) is 5.69. The fourth-order valence-corrected chi connectivity index (χ4v) is 3.93. The van der Waals surface area contributed by atoms with Crippen LogP contribution < -0.4 is 9.64 Å². The Morgan fingerprint density at radius 3 is 2.38 bits per heavy atom. The summed E-state index contributed by atoms with van der Waals surface area (Å²) in [5.41, 5.74) is 4.69. The molecule has 2 aromatic carbocycles. The SMILES string of the molecule is Cc1ccc(-c2cccc(N3CCN(C(=O)OC(C)(C)C)CC3)c2)c(OCc2ccccc2)n1. The molecule has 6 nitrogen and oxygen atoms in total. The maximum absolute atomic E-state index is 12.4. The van der Waals surface area contributed by atoms with Crippen molar-refractivity contribution in [1.29, 1.82) is 0 Å². The van der Waals surface area contributed by atoms with Crippen LogP contribution >= 0.6 is 0 Å². The highest BCUT2D eigenvalue weighted by atomic mass is 16.6. The molecule has 1 aliphatic heterocycles. The number of hydrogen-bond donors (Lipinski definition) is 0. The van der Waals surface area contributed by atoms with E-state index in [1.807, 2.05) is 64.1 Å². The van der Waals surface area contributed by atoms with Crippen molar-refractivity contribution in [2.24, 2.45) is 0 Å². The zero-order chi connectivity index (χ0) is 24.1. The molecule has 0 unspecified atom stereocenters. The molecule has 1 amide bonds. The van der Waals surface area contributed by atoms with Crippen LogP contribution in [0.1, 0.15) is 32.0 Å². The standard InChI is InChI=1S/C28H33N3O3/c1-21-13-14-25(26(29-21)33-20-22-9-6-5-7-10-22)23-11-8-12-24(19-23)30-15-17-31(18-16-30)27(32)34-28(2,3)4/h5-14,19H,15-18,20H2,1-4H3. The first-order valence-corrected chi connectivity index (χ1v) is 11.8. The molecule has 0 N–H and O–H groups in total. The first-order valence-electron chi connectivity index (χ1n) is 11.8. The van der Waals surface area contributed by atoms with Gasteiger partial charge in [-0.2, -0.15) is 0 Å². The van der Waals surface area contributed by atoms with Gasteiger partial charge in [-0.25, -0.2) is 9.78 Å². The summed E-state index contributed by atoms with van der Waals surface area (Å²) in [7, 11) is 0. The fraction of sp³-hybridized carbons (Fsp3) is 0.357. The number of aromatic nitrogens is 1. The number of rotatable bonds is 5. The van der Waals surface area contributed by atoms with Crippen LogP contribution in [0.4, 0.5) is 10.5 Å². The van der Waals surface area contributed by atoms with E-state index in [4.69, 9.17) is 9.47 Å². The summed E-state index contributed by atoms with van der Waals surface area (Å²) in [4.78, 5) is 21.1. The lowest BCUT2D eigenvalue weighted by Crippen LogP contribution is -2.50. The molecule has 1 saturated heterocycles. The van der Waals surface area contributed by atoms with E-state index in [-0.39, 0.29) is 6.09 Å². The molecule has 1 aromatic heterocycles. The van der Waals surface area contributed by atoms with Gasteiger partial charge in [0.1, 0.15) is 12.2 Å². The van der Waals surface area contributed by atoms with Crippen LogP contribution in [0.3, 0.4) is 0 Å². The summed E-state index contributed by atoms with van der Waals surface area (Å²) in [5.74, 6) is 0.635. The Morgan fingerprint density at radius 1 is 0.941 bits per heavy atom. The lowest BCUT2D eigenvalue weighted by molar-refractivity contribution is 0.0240. The van der Waals surface area contributed by atoms with E-state index in [1.54, 1.807) is 4.90 Å². The number of amides is 1. The number of benzene rings is 2. The van der Waals surface area contributed by atoms with Gasteiger partial charge in [0.2, 0.25) is 5.88 Å². The second kappa shape index (κ2) is 10.2. The molecule has 0 bridgehead atoms. The van der Waals surface area contributed by atoms with Gasteiger partial charge in [0.05, 0.1) is 0 Å². The number of anilines is 1. The third kappa shape index (κ3) is 6.07. The zero-order valence-corrected chi connectivity index (χ0v) is 20.5. The van der Waals surface area contributed by atoms with Crippen LogP contribution in [0.15, 0.2) is 66.7 Å². The summed E-state index contributed by atoms with van der Waals surface area (Å²) in [6.07, 6.45) is -0.244. The van der Waals surface area contributed by atoms with Gasteiger partial charge in [-0.3, -0.25) is 0 Å². The summed E-state index contributed by atoms with van der Waals surface area (Å²) in [6.45, 7) is 10.9. The molecule has 1 fully saturated rings. The van der Waals surface area contributed by atoms with Crippen molar-refractivity contribution in [2.75, 3.05) is 31.1 Å². The maximum atomic E-state index is 12.4. The van der Waals surface area contributed by atoms with Gasteiger partial charge in [0, 0.05) is 43.1 Å². The quantitative estimate of drug-likeness (QED) is 0.490. The molecule has 2 heterocycles. The lowest BCUT2D eigenvalue weighted by atomic mass is 10.1. The first-order chi connectivity index (χ1) is 16.3. The normalized spacial score (nSPS) is 14.1. The fourth-order valence-electron chi connectivity index (χ4n) is 3.93. The Bertz CT molecular complexity index is 1120. The first kappa shape index (κ1) is 23.6. The summed E-state index contributed by atoms with van der Waals surface area (Å²) < 4.78 is 11.7. The smallest absolute Gasteiger partial charge is 0.410 e. The minimum absolute atomic E-state index is 0.244. The van der Waals surface area contributed by atoms with Gasteiger partial charge in [0.15, 0.2) is 0 Å². The van der Waals surface area contributed by atoms with Crippen LogP contribution in [0.25, 0.3) is 11.1 Å².